The lowest BCUT2D eigenvalue weighted by atomic mass is 9.94. The molecule has 0 saturated heterocycles. The fraction of sp³-hybridized carbons (Fsp3) is 0.385. The normalized spacial score (nSPS) is 11.0. The van der Waals surface area contributed by atoms with Gasteiger partial charge in [-0.15, -0.1) is 0 Å². The van der Waals surface area contributed by atoms with Crippen LogP contribution in [0.25, 0.3) is 0 Å². The Morgan fingerprint density at radius 3 is 1.94 bits per heavy atom. The molecule has 3 nitrogen and oxygen atoms in total. The Morgan fingerprint density at radius 1 is 1.06 bits per heavy atom. The van der Waals surface area contributed by atoms with E-state index in [9.17, 15) is 9.59 Å². The molecule has 0 aliphatic rings. The van der Waals surface area contributed by atoms with Crippen LogP contribution in [0.4, 0.5) is 5.69 Å². The Bertz CT molecular complexity index is 390. The Morgan fingerprint density at radius 2 is 1.56 bits per heavy atom. The maximum Gasteiger partial charge on any atom is 0.239 e. The van der Waals surface area contributed by atoms with Crippen LogP contribution in [0.1, 0.15) is 27.7 Å². The van der Waals surface area contributed by atoms with Gasteiger partial charge >= 0.3 is 0 Å². The number of rotatable bonds is 1. The van der Waals surface area contributed by atoms with Gasteiger partial charge in [0.1, 0.15) is 0 Å². The molecule has 0 atom stereocenters. The van der Waals surface area contributed by atoms with Gasteiger partial charge in [-0.1, -0.05) is 39.0 Å². The van der Waals surface area contributed by atoms with E-state index in [-0.39, 0.29) is 11.8 Å². The number of nitrogens with zero attached hydrogens (tertiary/aromatic N) is 1. The molecular weight excluding hydrogens is 202 g/mol. The molecule has 0 aliphatic heterocycles. The van der Waals surface area contributed by atoms with Crippen LogP contribution in [0.2, 0.25) is 0 Å². The molecule has 1 aromatic carbocycles. The van der Waals surface area contributed by atoms with Crippen molar-refractivity contribution in [3.63, 3.8) is 0 Å². The smallest absolute Gasteiger partial charge is 0.239 e. The lowest BCUT2D eigenvalue weighted by molar-refractivity contribution is -0.130. The van der Waals surface area contributed by atoms with Crippen molar-refractivity contribution in [2.24, 2.45) is 5.41 Å². The molecule has 0 aromatic heterocycles. The first-order valence-electron chi connectivity index (χ1n) is 5.24. The minimum absolute atomic E-state index is 0.189. The summed E-state index contributed by atoms with van der Waals surface area (Å²) >= 11 is 0. The summed E-state index contributed by atoms with van der Waals surface area (Å²) in [5, 5.41) is 0. The Balaban J connectivity index is 3.12. The van der Waals surface area contributed by atoms with Gasteiger partial charge in [-0.05, 0) is 12.1 Å². The van der Waals surface area contributed by atoms with E-state index >= 15 is 0 Å². The average Bonchev–Trinajstić information content (AvgIpc) is 2.17. The number of para-hydroxylation sites is 1. The zero-order valence-electron chi connectivity index (χ0n) is 10.2. The number of carbonyl (C=O) groups excluding carboxylic acids is 2. The van der Waals surface area contributed by atoms with Crippen molar-refractivity contribution in [3.8, 4) is 0 Å². The summed E-state index contributed by atoms with van der Waals surface area (Å²) in [4.78, 5) is 24.9. The molecule has 86 valence electrons. The van der Waals surface area contributed by atoms with Gasteiger partial charge in [-0.2, -0.15) is 0 Å². The van der Waals surface area contributed by atoms with Gasteiger partial charge in [0, 0.05) is 12.3 Å². The van der Waals surface area contributed by atoms with E-state index in [0.717, 1.165) is 0 Å². The summed E-state index contributed by atoms with van der Waals surface area (Å²) in [7, 11) is 0. The number of benzene rings is 1. The fourth-order valence-electron chi connectivity index (χ4n) is 1.35. The average molecular weight is 219 g/mol. The van der Waals surface area contributed by atoms with Crippen LogP contribution < -0.4 is 4.90 Å². The van der Waals surface area contributed by atoms with Crippen LogP contribution >= 0.6 is 0 Å². The molecular formula is C13H17NO2. The molecule has 1 rings (SSSR count). The molecule has 0 saturated carbocycles. The molecule has 0 N–H and O–H groups in total. The van der Waals surface area contributed by atoms with Gasteiger partial charge in [0.25, 0.3) is 0 Å². The van der Waals surface area contributed by atoms with Gasteiger partial charge in [-0.3, -0.25) is 14.5 Å². The third-order valence-corrected chi connectivity index (χ3v) is 2.17. The maximum atomic E-state index is 12.1. The summed E-state index contributed by atoms with van der Waals surface area (Å²) in [6, 6.07) is 8.97. The van der Waals surface area contributed by atoms with E-state index < -0.39 is 5.41 Å². The lowest BCUT2D eigenvalue weighted by Crippen LogP contribution is -2.42. The topological polar surface area (TPSA) is 37.4 Å². The predicted molar refractivity (Wildman–Crippen MR) is 64.1 cm³/mol. The van der Waals surface area contributed by atoms with Crippen molar-refractivity contribution in [1.82, 2.24) is 0 Å². The fourth-order valence-corrected chi connectivity index (χ4v) is 1.35. The van der Waals surface area contributed by atoms with Crippen molar-refractivity contribution < 1.29 is 9.59 Å². The molecule has 0 unspecified atom stereocenters. The number of carbonyl (C=O) groups is 2. The summed E-state index contributed by atoms with van der Waals surface area (Å²) in [5.41, 5.74) is 0.0524. The molecule has 1 aromatic rings. The third kappa shape index (κ3) is 2.69. The summed E-state index contributed by atoms with van der Waals surface area (Å²) < 4.78 is 0. The second kappa shape index (κ2) is 4.47. The minimum atomic E-state index is -0.568. The van der Waals surface area contributed by atoms with Crippen LogP contribution in [0.15, 0.2) is 30.3 Å². The highest BCUT2D eigenvalue weighted by Gasteiger charge is 2.30. The molecule has 0 heterocycles. The molecule has 0 aliphatic carbocycles. The quantitative estimate of drug-likeness (QED) is 0.728. The van der Waals surface area contributed by atoms with E-state index in [4.69, 9.17) is 0 Å². The first-order chi connectivity index (χ1) is 7.34. The number of hydrogen-bond donors (Lipinski definition) is 0. The number of anilines is 1. The number of hydrogen-bond acceptors (Lipinski definition) is 2. The van der Waals surface area contributed by atoms with Crippen molar-refractivity contribution >= 4 is 17.5 Å². The highest BCUT2D eigenvalue weighted by Crippen LogP contribution is 2.23. The Kier molecular flexibility index (Phi) is 3.48. The van der Waals surface area contributed by atoms with E-state index in [0.29, 0.717) is 5.69 Å². The molecule has 16 heavy (non-hydrogen) atoms. The molecule has 2 amide bonds. The standard InChI is InChI=1S/C13H17NO2/c1-10(15)14(12(16)13(2,3)4)11-8-6-5-7-9-11/h5-9H,1-4H3. The number of amides is 2. The Labute approximate surface area is 96.1 Å². The SMILES string of the molecule is CC(=O)N(C(=O)C(C)(C)C)c1ccccc1. The van der Waals surface area contributed by atoms with Crippen molar-refractivity contribution in [3.05, 3.63) is 30.3 Å². The largest absolute Gasteiger partial charge is 0.274 e. The Hall–Kier alpha value is -1.64. The van der Waals surface area contributed by atoms with E-state index in [1.54, 1.807) is 45.0 Å². The molecule has 0 fully saturated rings. The van der Waals surface area contributed by atoms with Crippen LogP contribution in [-0.4, -0.2) is 11.8 Å². The van der Waals surface area contributed by atoms with Gasteiger partial charge in [0.05, 0.1) is 5.69 Å². The van der Waals surface area contributed by atoms with Crippen molar-refractivity contribution in [2.45, 2.75) is 27.7 Å². The summed E-state index contributed by atoms with van der Waals surface area (Å²) in [6.45, 7) is 6.80. The second-order valence-electron chi connectivity index (χ2n) is 4.75. The summed E-state index contributed by atoms with van der Waals surface area (Å²) in [5.74, 6) is -0.447. The van der Waals surface area contributed by atoms with Crippen LogP contribution in [0.3, 0.4) is 0 Å². The van der Waals surface area contributed by atoms with E-state index in [1.165, 1.54) is 11.8 Å². The predicted octanol–water partition coefficient (Wildman–Crippen LogP) is 2.61. The lowest BCUT2D eigenvalue weighted by Gasteiger charge is -2.26. The zero-order valence-corrected chi connectivity index (χ0v) is 10.2. The van der Waals surface area contributed by atoms with Gasteiger partial charge in [0.2, 0.25) is 11.8 Å². The number of imide groups is 1. The van der Waals surface area contributed by atoms with Gasteiger partial charge in [0.15, 0.2) is 0 Å². The molecule has 0 radical (unpaired) electrons. The monoisotopic (exact) mass is 219 g/mol. The summed E-state index contributed by atoms with van der Waals surface area (Å²) in [6.07, 6.45) is 0. The zero-order chi connectivity index (χ0) is 12.3. The highest BCUT2D eigenvalue weighted by atomic mass is 16.2. The maximum absolute atomic E-state index is 12.1. The van der Waals surface area contributed by atoms with Crippen molar-refractivity contribution in [1.29, 1.82) is 0 Å². The van der Waals surface area contributed by atoms with Crippen LogP contribution in [-0.2, 0) is 9.59 Å². The van der Waals surface area contributed by atoms with E-state index in [1.807, 2.05) is 6.07 Å². The van der Waals surface area contributed by atoms with Gasteiger partial charge in [-0.25, -0.2) is 0 Å². The molecule has 0 bridgehead atoms. The van der Waals surface area contributed by atoms with Crippen LogP contribution in [0, 0.1) is 5.41 Å². The molecule has 3 heteroatoms. The van der Waals surface area contributed by atoms with Gasteiger partial charge < -0.3 is 0 Å². The first-order valence-corrected chi connectivity index (χ1v) is 5.24. The van der Waals surface area contributed by atoms with Crippen LogP contribution in [0.5, 0.6) is 0 Å². The third-order valence-electron chi connectivity index (χ3n) is 2.17. The minimum Gasteiger partial charge on any atom is -0.274 e. The van der Waals surface area contributed by atoms with Crippen molar-refractivity contribution in [2.75, 3.05) is 4.90 Å². The van der Waals surface area contributed by atoms with E-state index in [2.05, 4.69) is 0 Å². The second-order valence-corrected chi connectivity index (χ2v) is 4.75. The highest BCUT2D eigenvalue weighted by molar-refractivity contribution is 6.15. The molecule has 0 spiro atoms. The first kappa shape index (κ1) is 12.4.